The van der Waals surface area contributed by atoms with Crippen molar-refractivity contribution in [3.05, 3.63) is 83.4 Å². The van der Waals surface area contributed by atoms with Gasteiger partial charge >= 0.3 is 0 Å². The van der Waals surface area contributed by atoms with Crippen molar-refractivity contribution >= 4 is 10.8 Å². The van der Waals surface area contributed by atoms with Crippen molar-refractivity contribution in [2.45, 2.75) is 32.0 Å². The molecule has 0 aromatic heterocycles. The number of fused-ring (bicyclic) bond motifs is 1. The minimum Gasteiger partial charge on any atom is -0.386 e. The quantitative estimate of drug-likeness (QED) is 0.756. The third-order valence-corrected chi connectivity index (χ3v) is 4.44. The summed E-state index contributed by atoms with van der Waals surface area (Å²) in [4.78, 5) is 0. The molecule has 3 rings (SSSR count). The summed E-state index contributed by atoms with van der Waals surface area (Å²) in [7, 11) is 0. The summed E-state index contributed by atoms with van der Waals surface area (Å²) >= 11 is 0. The number of hydrogen-bond acceptors (Lipinski definition) is 2. The van der Waals surface area contributed by atoms with Gasteiger partial charge in [0.15, 0.2) is 0 Å². The predicted octanol–water partition coefficient (Wildman–Crippen LogP) is 4.32. The summed E-state index contributed by atoms with van der Waals surface area (Å²) in [6.07, 6.45) is 0. The van der Waals surface area contributed by atoms with Gasteiger partial charge in [-0.2, -0.15) is 0 Å². The van der Waals surface area contributed by atoms with Crippen LogP contribution >= 0.6 is 0 Å². The van der Waals surface area contributed by atoms with E-state index in [4.69, 9.17) is 0 Å². The molecule has 2 nitrogen and oxygen atoms in total. The standard InChI is InChI=1S/C21H22O2/c1-20(2,22)18-13-7-12-17-16(18)11-8-14-19(17)21(3,23)15-9-5-4-6-10-15/h4-14,22-23H,1-3H3. The molecule has 0 fully saturated rings. The summed E-state index contributed by atoms with van der Waals surface area (Å²) in [5.74, 6) is 0. The van der Waals surface area contributed by atoms with Crippen LogP contribution in [0.25, 0.3) is 10.8 Å². The van der Waals surface area contributed by atoms with E-state index in [2.05, 4.69) is 0 Å². The molecule has 0 aliphatic carbocycles. The zero-order valence-corrected chi connectivity index (χ0v) is 13.7. The second-order valence-corrected chi connectivity index (χ2v) is 6.70. The highest BCUT2D eigenvalue weighted by molar-refractivity contribution is 5.90. The van der Waals surface area contributed by atoms with E-state index >= 15 is 0 Å². The maximum Gasteiger partial charge on any atom is 0.112 e. The molecular formula is C21H22O2. The lowest BCUT2D eigenvalue weighted by molar-refractivity contribution is 0.0800. The van der Waals surface area contributed by atoms with E-state index in [1.165, 1.54) is 0 Å². The summed E-state index contributed by atoms with van der Waals surface area (Å²) in [6, 6.07) is 21.4. The Morgan fingerprint density at radius 3 is 1.70 bits per heavy atom. The molecule has 2 heteroatoms. The highest BCUT2D eigenvalue weighted by Crippen LogP contribution is 2.37. The molecular weight excluding hydrogens is 284 g/mol. The fourth-order valence-electron chi connectivity index (χ4n) is 3.19. The Morgan fingerprint density at radius 1 is 0.609 bits per heavy atom. The van der Waals surface area contributed by atoms with Gasteiger partial charge in [-0.3, -0.25) is 0 Å². The van der Waals surface area contributed by atoms with E-state index in [-0.39, 0.29) is 0 Å². The summed E-state index contributed by atoms with van der Waals surface area (Å²) < 4.78 is 0. The molecule has 23 heavy (non-hydrogen) atoms. The molecule has 0 heterocycles. The summed E-state index contributed by atoms with van der Waals surface area (Å²) in [5, 5.41) is 23.5. The normalized spacial score (nSPS) is 14.7. The van der Waals surface area contributed by atoms with E-state index in [1.54, 1.807) is 13.8 Å². The first kappa shape index (κ1) is 15.7. The van der Waals surface area contributed by atoms with Crippen molar-refractivity contribution in [1.82, 2.24) is 0 Å². The molecule has 0 saturated heterocycles. The number of benzene rings is 3. The second kappa shape index (κ2) is 5.48. The van der Waals surface area contributed by atoms with E-state index in [9.17, 15) is 10.2 Å². The molecule has 0 bridgehead atoms. The molecule has 0 amide bonds. The van der Waals surface area contributed by atoms with Crippen LogP contribution in [0.1, 0.15) is 37.5 Å². The molecule has 1 unspecified atom stereocenters. The zero-order chi connectivity index (χ0) is 16.7. The average Bonchev–Trinajstić information content (AvgIpc) is 2.53. The van der Waals surface area contributed by atoms with Crippen molar-refractivity contribution in [2.24, 2.45) is 0 Å². The highest BCUT2D eigenvalue weighted by atomic mass is 16.3. The predicted molar refractivity (Wildman–Crippen MR) is 94.3 cm³/mol. The Kier molecular flexibility index (Phi) is 3.75. The van der Waals surface area contributed by atoms with Crippen LogP contribution in [0.3, 0.4) is 0 Å². The van der Waals surface area contributed by atoms with Crippen molar-refractivity contribution in [2.75, 3.05) is 0 Å². The molecule has 3 aromatic carbocycles. The molecule has 118 valence electrons. The fraction of sp³-hybridized carbons (Fsp3) is 0.238. The van der Waals surface area contributed by atoms with Gasteiger partial charge in [-0.05, 0) is 48.2 Å². The molecule has 3 aromatic rings. The maximum absolute atomic E-state index is 11.2. The molecule has 0 aliphatic heterocycles. The van der Waals surface area contributed by atoms with Crippen molar-refractivity contribution in [3.63, 3.8) is 0 Å². The van der Waals surface area contributed by atoms with Crippen LogP contribution in [-0.2, 0) is 11.2 Å². The summed E-state index contributed by atoms with van der Waals surface area (Å²) in [6.45, 7) is 5.38. The number of aliphatic hydroxyl groups is 2. The second-order valence-electron chi connectivity index (χ2n) is 6.70. The molecule has 2 N–H and O–H groups in total. The van der Waals surface area contributed by atoms with Gasteiger partial charge in [0.2, 0.25) is 0 Å². The van der Waals surface area contributed by atoms with E-state index in [0.29, 0.717) is 0 Å². The molecule has 0 radical (unpaired) electrons. The van der Waals surface area contributed by atoms with Crippen LogP contribution in [0, 0.1) is 0 Å². The maximum atomic E-state index is 11.2. The van der Waals surface area contributed by atoms with Crippen LogP contribution < -0.4 is 0 Å². The lowest BCUT2D eigenvalue weighted by atomic mass is 9.83. The lowest BCUT2D eigenvalue weighted by Gasteiger charge is -2.27. The first-order chi connectivity index (χ1) is 10.8. The first-order valence-electron chi connectivity index (χ1n) is 7.85. The van der Waals surface area contributed by atoms with Crippen molar-refractivity contribution in [3.8, 4) is 0 Å². The van der Waals surface area contributed by atoms with Gasteiger partial charge < -0.3 is 10.2 Å². The Balaban J connectivity index is 2.28. The minimum absolute atomic E-state index is 0.840. The van der Waals surface area contributed by atoms with Crippen molar-refractivity contribution < 1.29 is 10.2 Å². The van der Waals surface area contributed by atoms with Gasteiger partial charge in [0, 0.05) is 0 Å². The van der Waals surface area contributed by atoms with Gasteiger partial charge in [0.1, 0.15) is 5.60 Å². The summed E-state index contributed by atoms with van der Waals surface area (Å²) in [5.41, 5.74) is 0.518. The monoisotopic (exact) mass is 306 g/mol. The SMILES string of the molecule is CC(C)(O)c1cccc2c(C(C)(O)c3ccccc3)cccc12. The van der Waals surface area contributed by atoms with Crippen LogP contribution in [-0.4, -0.2) is 10.2 Å². The Labute approximate surface area is 137 Å². The molecule has 0 aliphatic rings. The lowest BCUT2D eigenvalue weighted by Crippen LogP contribution is -2.23. The van der Waals surface area contributed by atoms with Gasteiger partial charge in [0.05, 0.1) is 5.60 Å². The van der Waals surface area contributed by atoms with Crippen molar-refractivity contribution in [1.29, 1.82) is 0 Å². The topological polar surface area (TPSA) is 40.5 Å². The smallest absolute Gasteiger partial charge is 0.112 e. The Morgan fingerprint density at radius 2 is 1.13 bits per heavy atom. The third kappa shape index (κ3) is 2.76. The average molecular weight is 306 g/mol. The zero-order valence-electron chi connectivity index (χ0n) is 13.7. The Bertz CT molecular complexity index is 827. The number of hydrogen-bond donors (Lipinski definition) is 2. The minimum atomic E-state index is -1.10. The van der Waals surface area contributed by atoms with Crippen LogP contribution in [0.15, 0.2) is 66.7 Å². The van der Waals surface area contributed by atoms with Crippen LogP contribution in [0.4, 0.5) is 0 Å². The fourth-order valence-corrected chi connectivity index (χ4v) is 3.19. The van der Waals surface area contributed by atoms with E-state index < -0.39 is 11.2 Å². The Hall–Kier alpha value is -2.16. The number of rotatable bonds is 3. The van der Waals surface area contributed by atoms with Crippen LogP contribution in [0.5, 0.6) is 0 Å². The third-order valence-electron chi connectivity index (χ3n) is 4.44. The van der Waals surface area contributed by atoms with Gasteiger partial charge in [-0.25, -0.2) is 0 Å². The molecule has 0 spiro atoms. The van der Waals surface area contributed by atoms with E-state index in [1.807, 2.05) is 73.7 Å². The molecule has 0 saturated carbocycles. The van der Waals surface area contributed by atoms with E-state index in [0.717, 1.165) is 27.5 Å². The van der Waals surface area contributed by atoms with Crippen LogP contribution in [0.2, 0.25) is 0 Å². The highest BCUT2D eigenvalue weighted by Gasteiger charge is 2.28. The first-order valence-corrected chi connectivity index (χ1v) is 7.85. The molecule has 1 atom stereocenters. The largest absolute Gasteiger partial charge is 0.386 e. The van der Waals surface area contributed by atoms with Gasteiger partial charge in [0.25, 0.3) is 0 Å². The van der Waals surface area contributed by atoms with Gasteiger partial charge in [-0.1, -0.05) is 66.7 Å². The van der Waals surface area contributed by atoms with Gasteiger partial charge in [-0.15, -0.1) is 0 Å².